The molecule has 2 aromatic heterocycles. The van der Waals surface area contributed by atoms with E-state index in [0.29, 0.717) is 12.3 Å². The first-order valence-electron chi connectivity index (χ1n) is 5.38. The molecule has 1 atom stereocenters. The zero-order valence-electron chi connectivity index (χ0n) is 8.70. The van der Waals surface area contributed by atoms with E-state index < -0.39 is 0 Å². The van der Waals surface area contributed by atoms with E-state index in [2.05, 4.69) is 15.3 Å². The average Bonchev–Trinajstić information content (AvgIpc) is 2.89. The molecule has 0 saturated heterocycles. The Hall–Kier alpha value is -1.05. The Labute approximate surface area is 96.1 Å². The van der Waals surface area contributed by atoms with Crippen molar-refractivity contribution >= 4 is 16.3 Å². The van der Waals surface area contributed by atoms with Crippen LogP contribution in [0.25, 0.3) is 4.96 Å². The number of fused-ring (bicyclic) bond motifs is 1. The molecule has 3 rings (SSSR count). The van der Waals surface area contributed by atoms with E-state index in [1.54, 1.807) is 4.52 Å². The van der Waals surface area contributed by atoms with Crippen molar-refractivity contribution in [3.05, 3.63) is 10.8 Å². The molecular formula is C9H13N5OS. The van der Waals surface area contributed by atoms with Crippen LogP contribution >= 0.6 is 11.3 Å². The highest BCUT2D eigenvalue weighted by atomic mass is 32.1. The number of hydrogen-bond acceptors (Lipinski definition) is 6. The summed E-state index contributed by atoms with van der Waals surface area (Å²) in [5, 5.41) is 22.3. The van der Waals surface area contributed by atoms with E-state index in [4.69, 9.17) is 10.8 Å². The highest BCUT2D eigenvalue weighted by molar-refractivity contribution is 7.16. The van der Waals surface area contributed by atoms with Crippen LogP contribution in [0.1, 0.15) is 42.1 Å². The summed E-state index contributed by atoms with van der Waals surface area (Å²) in [5.41, 5.74) is 5.90. The third-order valence-corrected chi connectivity index (χ3v) is 3.76. The Morgan fingerprint density at radius 3 is 3.00 bits per heavy atom. The summed E-state index contributed by atoms with van der Waals surface area (Å²) in [6.45, 7) is 0.0802. The smallest absolute Gasteiger partial charge is 0.234 e. The van der Waals surface area contributed by atoms with E-state index in [-0.39, 0.29) is 12.6 Å². The van der Waals surface area contributed by atoms with Gasteiger partial charge in [-0.15, -0.1) is 10.2 Å². The summed E-state index contributed by atoms with van der Waals surface area (Å²) in [7, 11) is 0. The van der Waals surface area contributed by atoms with Crippen LogP contribution in [0.4, 0.5) is 0 Å². The van der Waals surface area contributed by atoms with Gasteiger partial charge < -0.3 is 10.8 Å². The molecule has 6 nitrogen and oxygen atoms in total. The molecular weight excluding hydrogens is 226 g/mol. The van der Waals surface area contributed by atoms with Gasteiger partial charge in [-0.3, -0.25) is 0 Å². The van der Waals surface area contributed by atoms with Crippen molar-refractivity contribution in [2.45, 2.75) is 31.2 Å². The summed E-state index contributed by atoms with van der Waals surface area (Å²) in [5.74, 6) is 1.48. The van der Waals surface area contributed by atoms with Crippen molar-refractivity contribution in [1.29, 1.82) is 0 Å². The molecule has 1 fully saturated rings. The predicted molar refractivity (Wildman–Crippen MR) is 59.3 cm³/mol. The Morgan fingerprint density at radius 1 is 1.50 bits per heavy atom. The van der Waals surface area contributed by atoms with Gasteiger partial charge in [-0.1, -0.05) is 11.3 Å². The minimum absolute atomic E-state index is 0.0802. The molecule has 86 valence electrons. The fraction of sp³-hybridized carbons (Fsp3) is 0.667. The SMILES string of the molecule is NC(CCO)c1nn2c(C3CC3)nnc2s1. The maximum atomic E-state index is 8.84. The van der Waals surface area contributed by atoms with Crippen molar-refractivity contribution in [2.75, 3.05) is 6.61 Å². The van der Waals surface area contributed by atoms with Crippen LogP contribution in [0.2, 0.25) is 0 Å². The number of nitrogens with two attached hydrogens (primary N) is 1. The Kier molecular flexibility index (Phi) is 2.38. The van der Waals surface area contributed by atoms with Gasteiger partial charge in [0.05, 0.1) is 6.04 Å². The molecule has 0 aliphatic heterocycles. The zero-order chi connectivity index (χ0) is 11.1. The highest BCUT2D eigenvalue weighted by Gasteiger charge is 2.30. The van der Waals surface area contributed by atoms with Gasteiger partial charge in [0, 0.05) is 12.5 Å². The lowest BCUT2D eigenvalue weighted by Gasteiger charge is -2.03. The van der Waals surface area contributed by atoms with Gasteiger partial charge in [-0.05, 0) is 19.3 Å². The maximum Gasteiger partial charge on any atom is 0.234 e. The summed E-state index contributed by atoms with van der Waals surface area (Å²) in [6.07, 6.45) is 2.88. The van der Waals surface area contributed by atoms with Crippen LogP contribution in [0.15, 0.2) is 0 Å². The fourth-order valence-electron chi connectivity index (χ4n) is 1.66. The monoisotopic (exact) mass is 239 g/mol. The summed E-state index contributed by atoms with van der Waals surface area (Å²) < 4.78 is 1.80. The third kappa shape index (κ3) is 1.60. The lowest BCUT2D eigenvalue weighted by atomic mass is 10.2. The van der Waals surface area contributed by atoms with Gasteiger partial charge in [0.25, 0.3) is 0 Å². The maximum absolute atomic E-state index is 8.84. The first-order chi connectivity index (χ1) is 7.79. The molecule has 0 bridgehead atoms. The highest BCUT2D eigenvalue weighted by Crippen LogP contribution is 2.39. The molecule has 3 N–H and O–H groups in total. The lowest BCUT2D eigenvalue weighted by Crippen LogP contribution is -2.12. The summed E-state index contributed by atoms with van der Waals surface area (Å²) in [6, 6.07) is -0.205. The van der Waals surface area contributed by atoms with E-state index in [0.717, 1.165) is 15.8 Å². The summed E-state index contributed by atoms with van der Waals surface area (Å²) in [4.78, 5) is 0.797. The van der Waals surface area contributed by atoms with Gasteiger partial charge in [0.15, 0.2) is 5.82 Å². The second-order valence-corrected chi connectivity index (χ2v) is 5.07. The Bertz CT molecular complexity index is 503. The molecule has 1 aliphatic rings. The van der Waals surface area contributed by atoms with Crippen LogP contribution in [-0.2, 0) is 0 Å². The van der Waals surface area contributed by atoms with Crippen molar-refractivity contribution < 1.29 is 5.11 Å². The molecule has 0 spiro atoms. The fourth-order valence-corrected chi connectivity index (χ4v) is 2.54. The van der Waals surface area contributed by atoms with Gasteiger partial charge in [-0.25, -0.2) is 0 Å². The van der Waals surface area contributed by atoms with E-state index in [9.17, 15) is 0 Å². The first kappa shape index (κ1) is 10.1. The largest absolute Gasteiger partial charge is 0.396 e. The minimum atomic E-state index is -0.205. The molecule has 7 heteroatoms. The average molecular weight is 239 g/mol. The molecule has 16 heavy (non-hydrogen) atoms. The Balaban J connectivity index is 1.96. The molecule has 1 aliphatic carbocycles. The van der Waals surface area contributed by atoms with Crippen LogP contribution in [0, 0.1) is 0 Å². The normalized spacial score (nSPS) is 18.1. The van der Waals surface area contributed by atoms with Gasteiger partial charge in [0.1, 0.15) is 5.01 Å². The topological polar surface area (TPSA) is 89.3 Å². The number of nitrogens with zero attached hydrogens (tertiary/aromatic N) is 4. The standard InChI is InChI=1S/C9H13N5OS/c10-6(3-4-15)8-13-14-7(5-1-2-5)11-12-9(14)16-8/h5-6,15H,1-4,10H2. The first-order valence-corrected chi connectivity index (χ1v) is 6.19. The summed E-state index contributed by atoms with van der Waals surface area (Å²) >= 11 is 1.45. The van der Waals surface area contributed by atoms with Gasteiger partial charge >= 0.3 is 0 Å². The van der Waals surface area contributed by atoms with Crippen LogP contribution < -0.4 is 5.73 Å². The molecule has 2 aromatic rings. The number of aromatic nitrogens is 4. The molecule has 0 amide bonds. The lowest BCUT2D eigenvalue weighted by molar-refractivity contribution is 0.276. The number of aliphatic hydroxyl groups excluding tert-OH is 1. The van der Waals surface area contributed by atoms with Gasteiger partial charge in [-0.2, -0.15) is 9.61 Å². The van der Waals surface area contributed by atoms with Crippen LogP contribution in [0.3, 0.4) is 0 Å². The molecule has 1 saturated carbocycles. The van der Waals surface area contributed by atoms with E-state index in [1.807, 2.05) is 0 Å². The molecule has 0 aromatic carbocycles. The van der Waals surface area contributed by atoms with Crippen molar-refractivity contribution in [3.63, 3.8) is 0 Å². The molecule has 1 unspecified atom stereocenters. The quantitative estimate of drug-likeness (QED) is 0.808. The second kappa shape index (κ2) is 3.76. The van der Waals surface area contributed by atoms with Crippen molar-refractivity contribution in [2.24, 2.45) is 5.73 Å². The van der Waals surface area contributed by atoms with Gasteiger partial charge in [0.2, 0.25) is 4.96 Å². The van der Waals surface area contributed by atoms with Crippen LogP contribution in [0.5, 0.6) is 0 Å². The molecule has 2 heterocycles. The number of rotatable bonds is 4. The second-order valence-electron chi connectivity index (χ2n) is 4.09. The van der Waals surface area contributed by atoms with Crippen molar-refractivity contribution in [3.8, 4) is 0 Å². The molecule has 0 radical (unpaired) electrons. The Morgan fingerprint density at radius 2 is 2.31 bits per heavy atom. The van der Waals surface area contributed by atoms with E-state index in [1.165, 1.54) is 24.2 Å². The predicted octanol–water partition coefficient (Wildman–Crippen LogP) is 0.445. The third-order valence-electron chi connectivity index (χ3n) is 2.73. The number of hydrogen-bond donors (Lipinski definition) is 2. The van der Waals surface area contributed by atoms with Crippen molar-refractivity contribution in [1.82, 2.24) is 19.8 Å². The van der Waals surface area contributed by atoms with E-state index >= 15 is 0 Å². The number of aliphatic hydroxyl groups is 1. The minimum Gasteiger partial charge on any atom is -0.396 e. The van der Waals surface area contributed by atoms with Crippen LogP contribution in [-0.4, -0.2) is 31.5 Å². The zero-order valence-corrected chi connectivity index (χ0v) is 9.52.